The number of nitrogens with one attached hydrogen (secondary N) is 3. The third-order valence-electron chi connectivity index (χ3n) is 9.01. The van der Waals surface area contributed by atoms with Crippen molar-refractivity contribution in [3.63, 3.8) is 0 Å². The number of ether oxygens (including phenoxy) is 1. The number of rotatable bonds is 8. The van der Waals surface area contributed by atoms with Crippen LogP contribution >= 0.6 is 0 Å². The van der Waals surface area contributed by atoms with Crippen molar-refractivity contribution in [2.75, 3.05) is 37.1 Å². The molecule has 0 radical (unpaired) electrons. The Morgan fingerprint density at radius 2 is 1.40 bits per heavy atom. The predicted molar refractivity (Wildman–Crippen MR) is 197 cm³/mol. The Kier molecular flexibility index (Phi) is 10.4. The summed E-state index contributed by atoms with van der Waals surface area (Å²) in [6.07, 6.45) is 14.8. The van der Waals surface area contributed by atoms with E-state index < -0.39 is 24.4 Å². The fourth-order valence-electron chi connectivity index (χ4n) is 6.57. The lowest BCUT2D eigenvalue weighted by Gasteiger charge is -2.27. The van der Waals surface area contributed by atoms with Crippen LogP contribution < -0.4 is 16.0 Å². The Morgan fingerprint density at radius 3 is 1.92 bits per heavy atom. The number of fused-ring (bicyclic) bond motifs is 2. The lowest BCUT2D eigenvalue weighted by Crippen LogP contribution is -2.41. The van der Waals surface area contributed by atoms with Crippen LogP contribution in [0.4, 0.5) is 25.2 Å². The molecule has 0 saturated carbocycles. The van der Waals surface area contributed by atoms with Crippen molar-refractivity contribution < 1.29 is 18.3 Å². The van der Waals surface area contributed by atoms with E-state index in [9.17, 15) is 13.6 Å². The van der Waals surface area contributed by atoms with Gasteiger partial charge in [0.15, 0.2) is 0 Å². The van der Waals surface area contributed by atoms with Crippen molar-refractivity contribution in [1.82, 2.24) is 49.4 Å². The molecule has 1 amide bonds. The topological polar surface area (TPSA) is 152 Å². The largest absolute Gasteiger partial charge is 0.444 e. The van der Waals surface area contributed by atoms with E-state index in [1.807, 2.05) is 53.3 Å². The van der Waals surface area contributed by atoms with Crippen LogP contribution in [0.3, 0.4) is 0 Å². The molecule has 3 N–H and O–H groups in total. The average Bonchev–Trinajstić information content (AvgIpc) is 3.97. The molecule has 0 spiro atoms. The number of halogens is 2. The first kappa shape index (κ1) is 35.6. The molecular formula is C37H42F2N12O2. The Labute approximate surface area is 305 Å². The molecule has 8 rings (SSSR count). The van der Waals surface area contributed by atoms with Crippen molar-refractivity contribution in [1.29, 1.82) is 0 Å². The minimum Gasteiger partial charge on any atom is -0.444 e. The second-order valence-corrected chi connectivity index (χ2v) is 14.1. The summed E-state index contributed by atoms with van der Waals surface area (Å²) in [6.45, 7) is 5.50. The van der Waals surface area contributed by atoms with Crippen molar-refractivity contribution in [2.24, 2.45) is 0 Å². The lowest BCUT2D eigenvalue weighted by atomic mass is 10.2. The van der Waals surface area contributed by atoms with Crippen LogP contribution in [0.1, 0.15) is 33.6 Å². The molecule has 0 unspecified atom stereocenters. The van der Waals surface area contributed by atoms with E-state index >= 15 is 0 Å². The minimum atomic E-state index is -0.627. The smallest absolute Gasteiger partial charge is 0.410 e. The predicted octanol–water partition coefficient (Wildman–Crippen LogP) is 5.45. The van der Waals surface area contributed by atoms with Gasteiger partial charge in [-0.15, -0.1) is 0 Å². The lowest BCUT2D eigenvalue weighted by molar-refractivity contribution is 0.0206. The highest BCUT2D eigenvalue weighted by atomic mass is 19.1. The monoisotopic (exact) mass is 724 g/mol. The molecule has 53 heavy (non-hydrogen) atoms. The van der Waals surface area contributed by atoms with E-state index in [2.05, 4.69) is 46.1 Å². The molecule has 2 fully saturated rings. The van der Waals surface area contributed by atoms with Gasteiger partial charge in [0.1, 0.15) is 30.6 Å². The molecule has 0 aromatic carbocycles. The van der Waals surface area contributed by atoms with Gasteiger partial charge in [-0.05, 0) is 57.9 Å². The van der Waals surface area contributed by atoms with Crippen molar-refractivity contribution in [3.05, 3.63) is 86.0 Å². The first-order chi connectivity index (χ1) is 25.7. The third kappa shape index (κ3) is 8.32. The zero-order chi connectivity index (χ0) is 37.0. The fraction of sp³-hybridized carbons (Fsp3) is 0.378. The van der Waals surface area contributed by atoms with Crippen LogP contribution in [0.25, 0.3) is 33.5 Å². The minimum absolute atomic E-state index is 0.0664. The highest BCUT2D eigenvalue weighted by molar-refractivity contribution is 5.78. The normalized spacial score (nSPS) is 20.0. The highest BCUT2D eigenvalue weighted by Gasteiger charge is 2.38. The average molecular weight is 725 g/mol. The zero-order valence-electron chi connectivity index (χ0n) is 29.7. The number of hydrogen-bond acceptors (Lipinski definition) is 11. The van der Waals surface area contributed by atoms with Gasteiger partial charge in [-0.25, -0.2) is 32.6 Å². The molecule has 8 heterocycles. The number of anilines is 2. The summed E-state index contributed by atoms with van der Waals surface area (Å²) >= 11 is 0. The zero-order valence-corrected chi connectivity index (χ0v) is 29.7. The number of amides is 1. The highest BCUT2D eigenvalue weighted by Crippen LogP contribution is 2.27. The number of carbonyl (C=O) groups excluding carboxylic acids is 1. The Balaban J connectivity index is 0.000000170. The second-order valence-electron chi connectivity index (χ2n) is 14.1. The van der Waals surface area contributed by atoms with Gasteiger partial charge in [0.25, 0.3) is 0 Å². The maximum atomic E-state index is 13.5. The molecule has 2 aliphatic rings. The molecular weight excluding hydrogens is 682 g/mol. The second kappa shape index (κ2) is 15.5. The summed E-state index contributed by atoms with van der Waals surface area (Å²) in [6, 6.07) is 11.1. The molecule has 276 valence electrons. The molecule has 6 aromatic rings. The van der Waals surface area contributed by atoms with Gasteiger partial charge in [0.2, 0.25) is 0 Å². The van der Waals surface area contributed by atoms with Gasteiger partial charge < -0.3 is 25.6 Å². The van der Waals surface area contributed by atoms with E-state index in [0.717, 1.165) is 40.8 Å². The summed E-state index contributed by atoms with van der Waals surface area (Å²) in [4.78, 5) is 31.7. The van der Waals surface area contributed by atoms with Gasteiger partial charge in [-0.3, -0.25) is 9.97 Å². The van der Waals surface area contributed by atoms with E-state index in [1.165, 1.54) is 4.90 Å². The first-order valence-electron chi connectivity index (χ1n) is 17.5. The summed E-state index contributed by atoms with van der Waals surface area (Å²) in [5, 5.41) is 18.4. The van der Waals surface area contributed by atoms with Gasteiger partial charge in [0.05, 0.1) is 65.6 Å². The summed E-state index contributed by atoms with van der Waals surface area (Å²) < 4.78 is 35.2. The molecule has 2 saturated heterocycles. The number of pyridine rings is 2. The number of carbonyl (C=O) groups is 1. The third-order valence-corrected chi connectivity index (χ3v) is 9.01. The van der Waals surface area contributed by atoms with E-state index in [4.69, 9.17) is 4.74 Å². The quantitative estimate of drug-likeness (QED) is 0.184. The standard InChI is InChI=1S/C21H25FN6O2.C16H17FN6/c1-21(2,3)30-20(29)27-13-14(8-15(27)9-22)25-19-12-23-11-17(26-19)16-10-24-28-7-5-4-6-18(16)28;17-6-11-5-12(7-19-11)21-16-10-18-9-14(22-16)13-8-20-23-4-2-1-3-15(13)23/h4-7,10-12,14-15H,8-9,13H2,1-3H3,(H,25,26);1-4,8-12,19H,5-7H2,(H,21,22)/t14-,15+;11-,12+/m10/s1. The van der Waals surface area contributed by atoms with E-state index in [0.29, 0.717) is 30.3 Å². The summed E-state index contributed by atoms with van der Waals surface area (Å²) in [5.74, 6) is 1.26. The van der Waals surface area contributed by atoms with Crippen LogP contribution in [0.15, 0.2) is 86.0 Å². The van der Waals surface area contributed by atoms with Crippen molar-refractivity contribution in [3.8, 4) is 22.5 Å². The Morgan fingerprint density at radius 1 is 0.811 bits per heavy atom. The summed E-state index contributed by atoms with van der Waals surface area (Å²) in [5.41, 5.74) is 4.55. The van der Waals surface area contributed by atoms with Gasteiger partial charge >= 0.3 is 6.09 Å². The van der Waals surface area contributed by atoms with Crippen LogP contribution in [0.5, 0.6) is 0 Å². The maximum absolute atomic E-state index is 13.5. The molecule has 16 heteroatoms. The number of aromatic nitrogens is 8. The molecule has 0 bridgehead atoms. The number of likely N-dealkylation sites (tertiary alicyclic amines) is 1. The van der Waals surface area contributed by atoms with Crippen molar-refractivity contribution in [2.45, 2.75) is 63.4 Å². The van der Waals surface area contributed by atoms with Crippen LogP contribution in [0, 0.1) is 0 Å². The fourth-order valence-corrected chi connectivity index (χ4v) is 6.57. The van der Waals surface area contributed by atoms with E-state index in [1.54, 1.807) is 62.5 Å². The van der Waals surface area contributed by atoms with Crippen LogP contribution in [0.2, 0.25) is 0 Å². The van der Waals surface area contributed by atoms with Gasteiger partial charge in [-0.1, -0.05) is 12.1 Å². The molecule has 0 aliphatic carbocycles. The van der Waals surface area contributed by atoms with E-state index in [-0.39, 0.29) is 24.8 Å². The Hall–Kier alpha value is -5.77. The maximum Gasteiger partial charge on any atom is 0.410 e. The molecule has 4 atom stereocenters. The first-order valence-corrected chi connectivity index (χ1v) is 17.5. The Bertz CT molecular complexity index is 2170. The number of nitrogens with zero attached hydrogens (tertiary/aromatic N) is 9. The summed E-state index contributed by atoms with van der Waals surface area (Å²) in [7, 11) is 0. The van der Waals surface area contributed by atoms with Crippen LogP contribution in [-0.2, 0) is 4.74 Å². The molecule has 6 aromatic heterocycles. The number of alkyl halides is 2. The van der Waals surface area contributed by atoms with Crippen LogP contribution in [-0.4, -0.2) is 106 Å². The SMILES string of the molecule is CC(C)(C)OC(=O)N1C[C@H](Nc2cncc(-c3cnn4ccccc34)n2)C[C@H]1CF.FC[C@@H]1C[C@@H](Nc2cncc(-c3cnn4ccccc34)n2)CN1. The molecule has 14 nitrogen and oxygen atoms in total. The van der Waals surface area contributed by atoms with Crippen molar-refractivity contribution >= 4 is 28.8 Å². The van der Waals surface area contributed by atoms with Gasteiger partial charge in [-0.2, -0.15) is 10.2 Å². The van der Waals surface area contributed by atoms with Gasteiger partial charge in [0, 0.05) is 54.7 Å². The number of hydrogen-bond donors (Lipinski definition) is 3. The molecule has 2 aliphatic heterocycles.